The predicted octanol–water partition coefficient (Wildman–Crippen LogP) is 3.29. The highest BCUT2D eigenvalue weighted by Crippen LogP contribution is 2.32. The van der Waals surface area contributed by atoms with E-state index in [1.54, 1.807) is 0 Å². The Morgan fingerprint density at radius 1 is 1.29 bits per heavy atom. The van der Waals surface area contributed by atoms with Gasteiger partial charge in [-0.2, -0.15) is 0 Å². The van der Waals surface area contributed by atoms with Gasteiger partial charge in [0.25, 0.3) is 0 Å². The highest BCUT2D eigenvalue weighted by molar-refractivity contribution is 5.86. The first-order valence-electron chi connectivity index (χ1n) is 8.53. The molecule has 1 saturated heterocycles. The molecule has 1 heterocycles. The molecule has 0 aromatic rings. The van der Waals surface area contributed by atoms with Crippen molar-refractivity contribution in [2.75, 3.05) is 27.2 Å². The van der Waals surface area contributed by atoms with Crippen molar-refractivity contribution < 1.29 is 4.79 Å². The third-order valence-electron chi connectivity index (χ3n) is 5.04. The summed E-state index contributed by atoms with van der Waals surface area (Å²) in [7, 11) is 4.31. The Labute approximate surface area is 132 Å². The maximum atomic E-state index is 12.7. The SMILES string of the molecule is CCC1CCN(CC(N(C)C)C(C)(C)C)C1C(=O)C(C)C. The summed E-state index contributed by atoms with van der Waals surface area (Å²) in [5.41, 5.74) is 0.221. The van der Waals surface area contributed by atoms with Gasteiger partial charge >= 0.3 is 0 Å². The summed E-state index contributed by atoms with van der Waals surface area (Å²) in [6.07, 6.45) is 2.28. The fourth-order valence-electron chi connectivity index (χ4n) is 3.75. The fraction of sp³-hybridized carbons (Fsp3) is 0.944. The van der Waals surface area contributed by atoms with Crippen LogP contribution in [0, 0.1) is 17.3 Å². The molecular weight excluding hydrogens is 260 g/mol. The fourth-order valence-corrected chi connectivity index (χ4v) is 3.75. The minimum Gasteiger partial charge on any atom is -0.305 e. The Morgan fingerprint density at radius 3 is 2.24 bits per heavy atom. The third kappa shape index (κ3) is 4.53. The Kier molecular flexibility index (Phi) is 6.42. The molecule has 0 spiro atoms. The number of ketones is 1. The summed E-state index contributed by atoms with van der Waals surface area (Å²) in [6.45, 7) is 15.3. The molecule has 0 aliphatic carbocycles. The van der Waals surface area contributed by atoms with Crippen LogP contribution in [0.15, 0.2) is 0 Å². The zero-order chi connectivity index (χ0) is 16.4. The molecule has 0 aromatic heterocycles. The molecule has 3 nitrogen and oxygen atoms in total. The molecule has 0 bridgehead atoms. The number of Topliss-reactive ketones (excluding diaryl/α,β-unsaturated/α-hetero) is 1. The van der Waals surface area contributed by atoms with Crippen molar-refractivity contribution in [1.82, 2.24) is 9.80 Å². The number of nitrogens with zero attached hydrogens (tertiary/aromatic N) is 2. The molecule has 3 atom stereocenters. The minimum atomic E-state index is 0.136. The summed E-state index contributed by atoms with van der Waals surface area (Å²) >= 11 is 0. The van der Waals surface area contributed by atoms with Gasteiger partial charge in [0.1, 0.15) is 0 Å². The standard InChI is InChI=1S/C18H36N2O/c1-9-14-10-11-20(16(14)17(21)13(2)3)12-15(19(7)8)18(4,5)6/h13-16H,9-12H2,1-8H3. The van der Waals surface area contributed by atoms with Gasteiger partial charge < -0.3 is 4.90 Å². The Morgan fingerprint density at radius 2 is 1.86 bits per heavy atom. The van der Waals surface area contributed by atoms with Crippen LogP contribution in [0.1, 0.15) is 54.4 Å². The molecule has 1 fully saturated rings. The zero-order valence-electron chi connectivity index (χ0n) is 15.4. The van der Waals surface area contributed by atoms with Gasteiger partial charge in [0.05, 0.1) is 6.04 Å². The van der Waals surface area contributed by atoms with Crippen molar-refractivity contribution in [2.45, 2.75) is 66.5 Å². The molecule has 1 rings (SSSR count). The molecule has 0 amide bonds. The zero-order valence-corrected chi connectivity index (χ0v) is 15.4. The average molecular weight is 296 g/mol. The van der Waals surface area contributed by atoms with Gasteiger partial charge in [-0.15, -0.1) is 0 Å². The van der Waals surface area contributed by atoms with Crippen LogP contribution in [0.4, 0.5) is 0 Å². The van der Waals surface area contributed by atoms with E-state index < -0.39 is 0 Å². The van der Waals surface area contributed by atoms with Crippen molar-refractivity contribution in [2.24, 2.45) is 17.3 Å². The number of carbonyl (C=O) groups is 1. The van der Waals surface area contributed by atoms with E-state index in [4.69, 9.17) is 0 Å². The van der Waals surface area contributed by atoms with Crippen molar-refractivity contribution in [1.29, 1.82) is 0 Å². The van der Waals surface area contributed by atoms with Crippen molar-refractivity contribution in [3.63, 3.8) is 0 Å². The summed E-state index contributed by atoms with van der Waals surface area (Å²) in [6, 6.07) is 0.607. The molecule has 3 heteroatoms. The van der Waals surface area contributed by atoms with E-state index in [1.807, 2.05) is 13.8 Å². The Hall–Kier alpha value is -0.410. The largest absolute Gasteiger partial charge is 0.305 e. The van der Waals surface area contributed by atoms with Crippen LogP contribution < -0.4 is 0 Å². The lowest BCUT2D eigenvalue weighted by molar-refractivity contribution is -0.128. The quantitative estimate of drug-likeness (QED) is 0.751. The summed E-state index contributed by atoms with van der Waals surface area (Å²) in [4.78, 5) is 17.5. The van der Waals surface area contributed by atoms with Crippen LogP contribution >= 0.6 is 0 Å². The smallest absolute Gasteiger partial charge is 0.152 e. The lowest BCUT2D eigenvalue weighted by atomic mass is 9.84. The minimum absolute atomic E-state index is 0.136. The average Bonchev–Trinajstić information content (AvgIpc) is 2.75. The summed E-state index contributed by atoms with van der Waals surface area (Å²) in [5.74, 6) is 1.12. The van der Waals surface area contributed by atoms with Crippen molar-refractivity contribution in [3.8, 4) is 0 Å². The van der Waals surface area contributed by atoms with Crippen LogP contribution in [0.5, 0.6) is 0 Å². The van der Waals surface area contributed by atoms with Gasteiger partial charge in [-0.1, -0.05) is 48.0 Å². The second-order valence-corrected chi connectivity index (χ2v) is 8.30. The predicted molar refractivity (Wildman–Crippen MR) is 90.5 cm³/mol. The van der Waals surface area contributed by atoms with E-state index >= 15 is 0 Å². The van der Waals surface area contributed by atoms with Crippen molar-refractivity contribution in [3.05, 3.63) is 0 Å². The molecule has 3 unspecified atom stereocenters. The number of likely N-dealkylation sites (tertiary alicyclic amines) is 1. The van der Waals surface area contributed by atoms with Crippen LogP contribution in [-0.2, 0) is 4.79 Å². The number of hydrogen-bond donors (Lipinski definition) is 0. The molecule has 0 saturated carbocycles. The Balaban J connectivity index is 2.91. The van der Waals surface area contributed by atoms with Crippen LogP contribution in [-0.4, -0.2) is 54.9 Å². The van der Waals surface area contributed by atoms with Crippen molar-refractivity contribution >= 4 is 5.78 Å². The molecular formula is C18H36N2O. The summed E-state index contributed by atoms with van der Waals surface area (Å²) in [5, 5.41) is 0. The van der Waals surface area contributed by atoms with Crippen LogP contribution in [0.25, 0.3) is 0 Å². The first-order chi connectivity index (χ1) is 9.59. The molecule has 0 N–H and O–H groups in total. The van der Waals surface area contributed by atoms with Gasteiger partial charge in [-0.3, -0.25) is 9.69 Å². The van der Waals surface area contributed by atoms with Gasteiger partial charge in [0.15, 0.2) is 5.78 Å². The number of rotatable bonds is 6. The van der Waals surface area contributed by atoms with E-state index in [-0.39, 0.29) is 17.4 Å². The number of carbonyl (C=O) groups excluding carboxylic acids is 1. The molecule has 1 aliphatic heterocycles. The second kappa shape index (κ2) is 7.23. The molecule has 0 radical (unpaired) electrons. The first kappa shape index (κ1) is 18.6. The lowest BCUT2D eigenvalue weighted by Gasteiger charge is -2.40. The first-order valence-corrected chi connectivity index (χ1v) is 8.53. The molecule has 21 heavy (non-hydrogen) atoms. The van der Waals surface area contributed by atoms with E-state index in [0.717, 1.165) is 19.5 Å². The van der Waals surface area contributed by atoms with E-state index in [1.165, 1.54) is 6.42 Å². The maximum absolute atomic E-state index is 12.7. The maximum Gasteiger partial charge on any atom is 0.152 e. The van der Waals surface area contributed by atoms with Gasteiger partial charge in [-0.05, 0) is 38.4 Å². The third-order valence-corrected chi connectivity index (χ3v) is 5.04. The highest BCUT2D eigenvalue weighted by atomic mass is 16.1. The van der Waals surface area contributed by atoms with E-state index in [0.29, 0.717) is 17.7 Å². The topological polar surface area (TPSA) is 23.6 Å². The van der Waals surface area contributed by atoms with E-state index in [2.05, 4.69) is 51.6 Å². The normalized spacial score (nSPS) is 25.8. The lowest BCUT2D eigenvalue weighted by Crippen LogP contribution is -2.51. The Bertz CT molecular complexity index is 344. The summed E-state index contributed by atoms with van der Waals surface area (Å²) < 4.78 is 0. The van der Waals surface area contributed by atoms with Gasteiger partial charge in [0.2, 0.25) is 0 Å². The second-order valence-electron chi connectivity index (χ2n) is 8.30. The van der Waals surface area contributed by atoms with Crippen LogP contribution in [0.2, 0.25) is 0 Å². The molecule has 124 valence electrons. The molecule has 0 aromatic carbocycles. The number of likely N-dealkylation sites (N-methyl/N-ethyl adjacent to an activating group) is 1. The number of hydrogen-bond acceptors (Lipinski definition) is 3. The monoisotopic (exact) mass is 296 g/mol. The van der Waals surface area contributed by atoms with Gasteiger partial charge in [0, 0.05) is 18.5 Å². The highest BCUT2D eigenvalue weighted by Gasteiger charge is 2.41. The van der Waals surface area contributed by atoms with E-state index in [9.17, 15) is 4.79 Å². The van der Waals surface area contributed by atoms with Crippen LogP contribution in [0.3, 0.4) is 0 Å². The molecule has 1 aliphatic rings. The van der Waals surface area contributed by atoms with Gasteiger partial charge in [-0.25, -0.2) is 0 Å².